The van der Waals surface area contributed by atoms with E-state index in [-0.39, 0.29) is 5.92 Å². The summed E-state index contributed by atoms with van der Waals surface area (Å²) in [7, 11) is 0. The van der Waals surface area contributed by atoms with Crippen LogP contribution in [-0.4, -0.2) is 62.2 Å². The van der Waals surface area contributed by atoms with Gasteiger partial charge in [-0.05, 0) is 32.1 Å². The molecule has 25 heavy (non-hydrogen) atoms. The van der Waals surface area contributed by atoms with E-state index >= 15 is 0 Å². The number of likely N-dealkylation sites (tertiary alicyclic amines) is 1. The van der Waals surface area contributed by atoms with Crippen LogP contribution in [0.1, 0.15) is 52.9 Å². The molecule has 0 aromatic carbocycles. The quantitative estimate of drug-likeness (QED) is 0.398. The smallest absolute Gasteiger partial charge is 0.225 e. The van der Waals surface area contributed by atoms with Crippen LogP contribution in [0.15, 0.2) is 4.99 Å². The third-order valence-corrected chi connectivity index (χ3v) is 4.85. The summed E-state index contributed by atoms with van der Waals surface area (Å²) in [6.45, 7) is 10.9. The minimum atomic E-state index is 0.277. The summed E-state index contributed by atoms with van der Waals surface area (Å²) < 4.78 is 5.58. The summed E-state index contributed by atoms with van der Waals surface area (Å²) in [5, 5.41) is 6.77. The van der Waals surface area contributed by atoms with Crippen molar-refractivity contribution >= 4 is 11.9 Å². The summed E-state index contributed by atoms with van der Waals surface area (Å²) in [6, 6.07) is 0.291. The fraction of sp³-hybridized carbons (Fsp3) is 0.895. The second-order valence-electron chi connectivity index (χ2n) is 7.62. The Morgan fingerprint density at radius 1 is 1.28 bits per heavy atom. The van der Waals surface area contributed by atoms with Crippen molar-refractivity contribution in [3.05, 3.63) is 0 Å². The molecular formula is C19H36N4O2. The fourth-order valence-electron chi connectivity index (χ4n) is 3.56. The second kappa shape index (κ2) is 10.6. The molecule has 144 valence electrons. The fourth-order valence-corrected chi connectivity index (χ4v) is 3.56. The molecule has 2 N–H and O–H groups in total. The van der Waals surface area contributed by atoms with Crippen molar-refractivity contribution in [3.63, 3.8) is 0 Å². The SMILES string of the molecule is CCNC(=NCCOCC(C)C)NC1CCN(C(=O)C2CCCC2)C1. The van der Waals surface area contributed by atoms with Crippen molar-refractivity contribution < 1.29 is 9.53 Å². The normalized spacial score (nSPS) is 22.0. The van der Waals surface area contributed by atoms with E-state index in [4.69, 9.17) is 4.74 Å². The maximum Gasteiger partial charge on any atom is 0.225 e. The lowest BCUT2D eigenvalue weighted by Gasteiger charge is -2.21. The number of rotatable bonds is 8. The number of nitrogens with one attached hydrogen (secondary N) is 2. The Labute approximate surface area is 152 Å². The van der Waals surface area contributed by atoms with E-state index in [1.807, 2.05) is 4.90 Å². The molecule has 0 radical (unpaired) electrons. The van der Waals surface area contributed by atoms with Crippen molar-refractivity contribution in [2.45, 2.75) is 58.9 Å². The molecule has 1 amide bonds. The van der Waals surface area contributed by atoms with Gasteiger partial charge in [-0.3, -0.25) is 9.79 Å². The first kappa shape index (κ1) is 20.0. The molecule has 1 heterocycles. The Morgan fingerprint density at radius 3 is 2.72 bits per heavy atom. The van der Waals surface area contributed by atoms with Crippen molar-refractivity contribution in [1.29, 1.82) is 0 Å². The Balaban J connectivity index is 1.74. The maximum atomic E-state index is 12.5. The largest absolute Gasteiger partial charge is 0.379 e. The standard InChI is InChI=1S/C19H36N4O2/c1-4-20-19(21-10-12-25-14-15(2)3)22-17-9-11-23(13-17)18(24)16-7-5-6-8-16/h15-17H,4-14H2,1-3H3,(H2,20,21,22). The molecule has 2 rings (SSSR count). The molecule has 2 aliphatic rings. The van der Waals surface area contributed by atoms with Gasteiger partial charge in [0.05, 0.1) is 13.2 Å². The first-order valence-electron chi connectivity index (χ1n) is 10.0. The third kappa shape index (κ3) is 6.84. The molecular weight excluding hydrogens is 316 g/mol. The van der Waals surface area contributed by atoms with Gasteiger partial charge in [0.1, 0.15) is 0 Å². The summed E-state index contributed by atoms with van der Waals surface area (Å²) in [5.41, 5.74) is 0. The van der Waals surface area contributed by atoms with Crippen LogP contribution < -0.4 is 10.6 Å². The molecule has 6 nitrogen and oxygen atoms in total. The lowest BCUT2D eigenvalue weighted by atomic mass is 10.1. The van der Waals surface area contributed by atoms with Crippen LogP contribution >= 0.6 is 0 Å². The topological polar surface area (TPSA) is 66.0 Å². The number of ether oxygens (including phenoxy) is 1. The number of aliphatic imine (C=N–C) groups is 1. The van der Waals surface area contributed by atoms with Crippen molar-refractivity contribution in [1.82, 2.24) is 15.5 Å². The predicted molar refractivity (Wildman–Crippen MR) is 102 cm³/mol. The van der Waals surface area contributed by atoms with E-state index in [0.717, 1.165) is 51.5 Å². The van der Waals surface area contributed by atoms with Crippen LogP contribution in [0.4, 0.5) is 0 Å². The second-order valence-corrected chi connectivity index (χ2v) is 7.62. The Morgan fingerprint density at radius 2 is 2.04 bits per heavy atom. The zero-order valence-electron chi connectivity index (χ0n) is 16.2. The first-order chi connectivity index (χ1) is 12.1. The van der Waals surface area contributed by atoms with Gasteiger partial charge in [-0.15, -0.1) is 0 Å². The molecule has 2 fully saturated rings. The molecule has 0 aromatic rings. The van der Waals surface area contributed by atoms with Gasteiger partial charge in [-0.25, -0.2) is 0 Å². The highest BCUT2D eigenvalue weighted by Gasteiger charge is 2.32. The molecule has 1 aliphatic carbocycles. The van der Waals surface area contributed by atoms with Crippen molar-refractivity contribution in [2.75, 3.05) is 39.4 Å². The number of guanidine groups is 1. The number of amides is 1. The zero-order chi connectivity index (χ0) is 18.1. The van der Waals surface area contributed by atoms with Crippen LogP contribution in [0, 0.1) is 11.8 Å². The lowest BCUT2D eigenvalue weighted by molar-refractivity contribution is -0.134. The van der Waals surface area contributed by atoms with Crippen LogP contribution in [0.25, 0.3) is 0 Å². The monoisotopic (exact) mass is 352 g/mol. The van der Waals surface area contributed by atoms with E-state index in [1.165, 1.54) is 12.8 Å². The Kier molecular flexibility index (Phi) is 8.52. The molecule has 1 saturated carbocycles. The van der Waals surface area contributed by atoms with Gasteiger partial charge in [-0.1, -0.05) is 26.7 Å². The number of hydrogen-bond donors (Lipinski definition) is 2. The molecule has 1 atom stereocenters. The van der Waals surface area contributed by atoms with E-state index in [2.05, 4.69) is 36.4 Å². The highest BCUT2D eigenvalue weighted by molar-refractivity contribution is 5.81. The van der Waals surface area contributed by atoms with Gasteiger partial charge >= 0.3 is 0 Å². The number of nitrogens with zero attached hydrogens (tertiary/aromatic N) is 2. The summed E-state index contributed by atoms with van der Waals surface area (Å²) in [6.07, 6.45) is 5.57. The number of carbonyl (C=O) groups is 1. The summed E-state index contributed by atoms with van der Waals surface area (Å²) in [5.74, 6) is 2.03. The van der Waals surface area contributed by atoms with Gasteiger partial charge in [-0.2, -0.15) is 0 Å². The van der Waals surface area contributed by atoms with Crippen molar-refractivity contribution in [3.8, 4) is 0 Å². The van der Waals surface area contributed by atoms with E-state index in [0.29, 0.717) is 31.0 Å². The third-order valence-electron chi connectivity index (χ3n) is 4.85. The number of carbonyl (C=O) groups excluding carboxylic acids is 1. The van der Waals surface area contributed by atoms with Gasteiger partial charge in [0.2, 0.25) is 5.91 Å². The lowest BCUT2D eigenvalue weighted by Crippen LogP contribution is -2.45. The van der Waals surface area contributed by atoms with Crippen LogP contribution in [-0.2, 0) is 9.53 Å². The van der Waals surface area contributed by atoms with Crippen LogP contribution in [0.2, 0.25) is 0 Å². The zero-order valence-corrected chi connectivity index (χ0v) is 16.2. The van der Waals surface area contributed by atoms with E-state index in [9.17, 15) is 4.79 Å². The molecule has 1 unspecified atom stereocenters. The van der Waals surface area contributed by atoms with E-state index in [1.54, 1.807) is 0 Å². The minimum absolute atomic E-state index is 0.277. The van der Waals surface area contributed by atoms with Crippen molar-refractivity contribution in [2.24, 2.45) is 16.8 Å². The average Bonchev–Trinajstić information content (AvgIpc) is 3.25. The number of hydrogen-bond acceptors (Lipinski definition) is 3. The van der Waals surface area contributed by atoms with Gasteiger partial charge < -0.3 is 20.3 Å². The van der Waals surface area contributed by atoms with Crippen LogP contribution in [0.5, 0.6) is 0 Å². The molecule has 0 spiro atoms. The van der Waals surface area contributed by atoms with Gasteiger partial charge in [0.25, 0.3) is 0 Å². The molecule has 0 bridgehead atoms. The minimum Gasteiger partial charge on any atom is -0.379 e. The average molecular weight is 353 g/mol. The summed E-state index contributed by atoms with van der Waals surface area (Å²) in [4.78, 5) is 19.2. The van der Waals surface area contributed by atoms with Gasteiger partial charge in [0.15, 0.2) is 5.96 Å². The maximum absolute atomic E-state index is 12.5. The molecule has 1 saturated heterocycles. The molecule has 0 aromatic heterocycles. The Bertz CT molecular complexity index is 433. The molecule has 1 aliphatic heterocycles. The first-order valence-corrected chi connectivity index (χ1v) is 10.0. The highest BCUT2D eigenvalue weighted by atomic mass is 16.5. The Hall–Kier alpha value is -1.30. The predicted octanol–water partition coefficient (Wildman–Crippen LogP) is 2.01. The van der Waals surface area contributed by atoms with Gasteiger partial charge in [0, 0.05) is 38.2 Å². The highest BCUT2D eigenvalue weighted by Crippen LogP contribution is 2.27. The summed E-state index contributed by atoms with van der Waals surface area (Å²) >= 11 is 0. The van der Waals surface area contributed by atoms with Crippen LogP contribution in [0.3, 0.4) is 0 Å². The molecule has 6 heteroatoms. The van der Waals surface area contributed by atoms with E-state index < -0.39 is 0 Å².